The summed E-state index contributed by atoms with van der Waals surface area (Å²) in [7, 11) is 1.95. The van der Waals surface area contributed by atoms with Gasteiger partial charge in [0.15, 0.2) is 0 Å². The summed E-state index contributed by atoms with van der Waals surface area (Å²) in [4.78, 5) is 17.0. The molecule has 1 heterocycles. The predicted octanol–water partition coefficient (Wildman–Crippen LogP) is 2.42. The van der Waals surface area contributed by atoms with E-state index in [1.165, 1.54) is 0 Å². The quantitative estimate of drug-likeness (QED) is 0.894. The second kappa shape index (κ2) is 5.31. The highest BCUT2D eigenvalue weighted by atomic mass is 16.4. The molecule has 1 aromatic carbocycles. The summed E-state index contributed by atoms with van der Waals surface area (Å²) in [6.45, 7) is 0.688. The summed E-state index contributed by atoms with van der Waals surface area (Å²) in [5, 5.41) is 8.83. The topological polar surface area (TPSA) is 53.4 Å². The molecule has 1 N–H and O–H groups in total. The molecule has 0 unspecified atom stereocenters. The molecular weight excluding hydrogens is 228 g/mol. The molecule has 2 aromatic rings. The third-order valence-electron chi connectivity index (χ3n) is 2.68. The average Bonchev–Trinajstić information content (AvgIpc) is 2.40. The SMILES string of the molecule is CN(Cc1ccccn1)c1ccc(C(=O)O)cc1. The molecule has 0 atom stereocenters. The Morgan fingerprint density at radius 3 is 2.50 bits per heavy atom. The molecule has 92 valence electrons. The lowest BCUT2D eigenvalue weighted by Crippen LogP contribution is -2.17. The smallest absolute Gasteiger partial charge is 0.335 e. The number of nitrogens with zero attached hydrogens (tertiary/aromatic N) is 2. The summed E-state index contributed by atoms with van der Waals surface area (Å²) < 4.78 is 0. The van der Waals surface area contributed by atoms with Crippen molar-refractivity contribution in [3.8, 4) is 0 Å². The molecule has 0 saturated carbocycles. The second-order valence-corrected chi connectivity index (χ2v) is 4.03. The number of aromatic carboxylic acids is 1. The molecule has 0 radical (unpaired) electrons. The van der Waals surface area contributed by atoms with Gasteiger partial charge in [0.05, 0.1) is 17.8 Å². The molecule has 0 amide bonds. The minimum absolute atomic E-state index is 0.296. The van der Waals surface area contributed by atoms with Crippen LogP contribution in [0.4, 0.5) is 5.69 Å². The van der Waals surface area contributed by atoms with Crippen molar-refractivity contribution in [2.24, 2.45) is 0 Å². The highest BCUT2D eigenvalue weighted by Gasteiger charge is 2.05. The molecule has 0 spiro atoms. The van der Waals surface area contributed by atoms with Crippen molar-refractivity contribution in [1.82, 2.24) is 4.98 Å². The van der Waals surface area contributed by atoms with Gasteiger partial charge in [0, 0.05) is 18.9 Å². The van der Waals surface area contributed by atoms with Crippen molar-refractivity contribution in [1.29, 1.82) is 0 Å². The molecule has 4 heteroatoms. The second-order valence-electron chi connectivity index (χ2n) is 4.03. The minimum Gasteiger partial charge on any atom is -0.478 e. The van der Waals surface area contributed by atoms with Crippen LogP contribution in [-0.4, -0.2) is 23.1 Å². The fraction of sp³-hybridized carbons (Fsp3) is 0.143. The van der Waals surface area contributed by atoms with Crippen molar-refractivity contribution in [3.63, 3.8) is 0 Å². The molecule has 0 aliphatic rings. The van der Waals surface area contributed by atoms with Crippen LogP contribution in [0, 0.1) is 0 Å². The molecule has 1 aromatic heterocycles. The number of pyridine rings is 1. The van der Waals surface area contributed by atoms with Crippen LogP contribution in [0.5, 0.6) is 0 Å². The maximum absolute atomic E-state index is 10.7. The van der Waals surface area contributed by atoms with Crippen LogP contribution in [0.15, 0.2) is 48.7 Å². The van der Waals surface area contributed by atoms with E-state index in [1.54, 1.807) is 30.5 Å². The van der Waals surface area contributed by atoms with E-state index in [-0.39, 0.29) is 0 Å². The highest BCUT2D eigenvalue weighted by Crippen LogP contribution is 2.15. The van der Waals surface area contributed by atoms with Crippen LogP contribution in [0.1, 0.15) is 16.1 Å². The van der Waals surface area contributed by atoms with E-state index < -0.39 is 5.97 Å². The van der Waals surface area contributed by atoms with Gasteiger partial charge in [-0.3, -0.25) is 4.98 Å². The Kier molecular flexibility index (Phi) is 3.57. The Hall–Kier alpha value is -2.36. The first-order valence-corrected chi connectivity index (χ1v) is 5.61. The standard InChI is InChI=1S/C14H14N2O2/c1-16(10-12-4-2-3-9-15-12)13-7-5-11(6-8-13)14(17)18/h2-9H,10H2,1H3,(H,17,18). The lowest BCUT2D eigenvalue weighted by atomic mass is 10.2. The van der Waals surface area contributed by atoms with E-state index in [2.05, 4.69) is 4.98 Å². The van der Waals surface area contributed by atoms with Gasteiger partial charge in [0.25, 0.3) is 0 Å². The summed E-state index contributed by atoms with van der Waals surface area (Å²) in [5.41, 5.74) is 2.23. The Morgan fingerprint density at radius 1 is 1.22 bits per heavy atom. The van der Waals surface area contributed by atoms with E-state index >= 15 is 0 Å². The van der Waals surface area contributed by atoms with Crippen molar-refractivity contribution in [2.45, 2.75) is 6.54 Å². The Labute approximate surface area is 106 Å². The first kappa shape index (κ1) is 12.1. The minimum atomic E-state index is -0.908. The number of hydrogen-bond donors (Lipinski definition) is 1. The van der Waals surface area contributed by atoms with Crippen LogP contribution in [0.25, 0.3) is 0 Å². The number of carboxylic acids is 1. The first-order chi connectivity index (χ1) is 8.66. The van der Waals surface area contributed by atoms with Gasteiger partial charge in [0.2, 0.25) is 0 Å². The Balaban J connectivity index is 2.09. The molecule has 2 rings (SSSR count). The van der Waals surface area contributed by atoms with E-state index in [0.29, 0.717) is 12.1 Å². The fourth-order valence-corrected chi connectivity index (χ4v) is 1.68. The Bertz CT molecular complexity index is 523. The molecule has 18 heavy (non-hydrogen) atoms. The molecule has 0 fully saturated rings. The molecule has 4 nitrogen and oxygen atoms in total. The summed E-state index contributed by atoms with van der Waals surface area (Å²) in [6, 6.07) is 12.6. The number of benzene rings is 1. The van der Waals surface area contributed by atoms with Crippen LogP contribution in [-0.2, 0) is 6.54 Å². The zero-order valence-electron chi connectivity index (χ0n) is 10.1. The Morgan fingerprint density at radius 2 is 1.94 bits per heavy atom. The van der Waals surface area contributed by atoms with Crippen molar-refractivity contribution < 1.29 is 9.90 Å². The van der Waals surface area contributed by atoms with Gasteiger partial charge in [-0.25, -0.2) is 4.79 Å². The number of rotatable bonds is 4. The molecule has 0 aliphatic carbocycles. The van der Waals surface area contributed by atoms with Crippen LogP contribution in [0.3, 0.4) is 0 Å². The lowest BCUT2D eigenvalue weighted by Gasteiger charge is -2.18. The van der Waals surface area contributed by atoms with E-state index in [4.69, 9.17) is 5.11 Å². The van der Waals surface area contributed by atoms with Gasteiger partial charge in [0.1, 0.15) is 0 Å². The first-order valence-electron chi connectivity index (χ1n) is 5.61. The molecule has 0 saturated heterocycles. The van der Waals surface area contributed by atoms with E-state index in [0.717, 1.165) is 11.4 Å². The fourth-order valence-electron chi connectivity index (χ4n) is 1.68. The third-order valence-corrected chi connectivity index (χ3v) is 2.68. The van der Waals surface area contributed by atoms with E-state index in [9.17, 15) is 4.79 Å². The summed E-state index contributed by atoms with van der Waals surface area (Å²) in [5.74, 6) is -0.908. The van der Waals surface area contributed by atoms with Crippen LogP contribution in [0.2, 0.25) is 0 Å². The largest absolute Gasteiger partial charge is 0.478 e. The number of anilines is 1. The summed E-state index contributed by atoms with van der Waals surface area (Å²) in [6.07, 6.45) is 1.76. The zero-order valence-corrected chi connectivity index (χ0v) is 10.1. The van der Waals surface area contributed by atoms with Gasteiger partial charge in [-0.05, 0) is 36.4 Å². The lowest BCUT2D eigenvalue weighted by molar-refractivity contribution is 0.0697. The number of carboxylic acid groups (broad SMARTS) is 1. The number of aromatic nitrogens is 1. The molecule has 0 bridgehead atoms. The maximum Gasteiger partial charge on any atom is 0.335 e. The zero-order chi connectivity index (χ0) is 13.0. The van der Waals surface area contributed by atoms with Crippen molar-refractivity contribution in [2.75, 3.05) is 11.9 Å². The molecule has 0 aliphatic heterocycles. The van der Waals surface area contributed by atoms with Gasteiger partial charge < -0.3 is 10.0 Å². The average molecular weight is 242 g/mol. The van der Waals surface area contributed by atoms with Gasteiger partial charge in [-0.2, -0.15) is 0 Å². The predicted molar refractivity (Wildman–Crippen MR) is 69.7 cm³/mol. The normalized spacial score (nSPS) is 10.1. The molecular formula is C14H14N2O2. The summed E-state index contributed by atoms with van der Waals surface area (Å²) >= 11 is 0. The van der Waals surface area contributed by atoms with Crippen molar-refractivity contribution in [3.05, 3.63) is 59.9 Å². The van der Waals surface area contributed by atoms with Crippen LogP contribution < -0.4 is 4.90 Å². The maximum atomic E-state index is 10.7. The van der Waals surface area contributed by atoms with E-state index in [1.807, 2.05) is 30.1 Å². The number of carbonyl (C=O) groups is 1. The van der Waals surface area contributed by atoms with Gasteiger partial charge in [-0.15, -0.1) is 0 Å². The van der Waals surface area contributed by atoms with Gasteiger partial charge in [-0.1, -0.05) is 6.07 Å². The van der Waals surface area contributed by atoms with Crippen LogP contribution >= 0.6 is 0 Å². The number of hydrogen-bond acceptors (Lipinski definition) is 3. The monoisotopic (exact) mass is 242 g/mol. The van der Waals surface area contributed by atoms with Gasteiger partial charge >= 0.3 is 5.97 Å². The highest BCUT2D eigenvalue weighted by molar-refractivity contribution is 5.88. The van der Waals surface area contributed by atoms with Crippen molar-refractivity contribution >= 4 is 11.7 Å². The third kappa shape index (κ3) is 2.85.